The summed E-state index contributed by atoms with van der Waals surface area (Å²) < 4.78 is 10.7. The van der Waals surface area contributed by atoms with E-state index in [0.29, 0.717) is 5.56 Å². The Bertz CT molecular complexity index is 960. The van der Waals surface area contributed by atoms with Crippen molar-refractivity contribution in [2.75, 3.05) is 33.4 Å². The number of ether oxygens (including phenoxy) is 2. The van der Waals surface area contributed by atoms with Crippen molar-refractivity contribution in [1.82, 2.24) is 14.9 Å². The summed E-state index contributed by atoms with van der Waals surface area (Å²) in [5, 5.41) is 11.5. The molecule has 4 rings (SSSR count). The Kier molecular flexibility index (Phi) is 4.58. The van der Waals surface area contributed by atoms with Gasteiger partial charge in [-0.2, -0.15) is 0 Å². The lowest BCUT2D eigenvalue weighted by Crippen LogP contribution is -2.35. The van der Waals surface area contributed by atoms with E-state index in [1.807, 2.05) is 12.1 Å². The second kappa shape index (κ2) is 7.03. The van der Waals surface area contributed by atoms with E-state index in [0.717, 1.165) is 60.2 Å². The highest BCUT2D eigenvalue weighted by Gasteiger charge is 2.21. The van der Waals surface area contributed by atoms with Gasteiger partial charge in [-0.1, -0.05) is 12.1 Å². The van der Waals surface area contributed by atoms with Crippen LogP contribution in [0, 0.1) is 0 Å². The van der Waals surface area contributed by atoms with Crippen LogP contribution in [0.4, 0.5) is 0 Å². The normalized spacial score (nSPS) is 15.7. The number of hydrogen-bond donors (Lipinski definition) is 2. The van der Waals surface area contributed by atoms with Gasteiger partial charge in [-0.15, -0.1) is 0 Å². The predicted molar refractivity (Wildman–Crippen MR) is 97.4 cm³/mol. The number of nitrogens with zero attached hydrogens (tertiary/aromatic N) is 2. The molecule has 2 aromatic heterocycles. The van der Waals surface area contributed by atoms with E-state index < -0.39 is 5.97 Å². The third-order valence-corrected chi connectivity index (χ3v) is 4.84. The zero-order valence-electron chi connectivity index (χ0n) is 14.6. The Morgan fingerprint density at radius 1 is 1.31 bits per heavy atom. The zero-order valence-corrected chi connectivity index (χ0v) is 14.6. The largest absolute Gasteiger partial charge is 0.477 e. The lowest BCUT2D eigenvalue weighted by Gasteiger charge is -2.27. The van der Waals surface area contributed by atoms with E-state index in [4.69, 9.17) is 9.47 Å². The van der Waals surface area contributed by atoms with E-state index >= 15 is 0 Å². The summed E-state index contributed by atoms with van der Waals surface area (Å²) in [6.45, 7) is 4.27. The molecule has 0 aliphatic carbocycles. The summed E-state index contributed by atoms with van der Waals surface area (Å²) in [7, 11) is 1.56. The second-order valence-electron chi connectivity index (χ2n) is 6.47. The number of aromatic carboxylic acids is 1. The molecule has 1 aromatic carbocycles. The molecule has 7 nitrogen and oxygen atoms in total. The number of H-pyrrole nitrogens is 1. The monoisotopic (exact) mass is 355 g/mol. The van der Waals surface area contributed by atoms with Gasteiger partial charge in [-0.05, 0) is 11.6 Å². The van der Waals surface area contributed by atoms with Gasteiger partial charge in [0.2, 0.25) is 0 Å². The van der Waals surface area contributed by atoms with Crippen LogP contribution in [0.15, 0.2) is 24.4 Å². The fourth-order valence-corrected chi connectivity index (χ4v) is 3.68. The Morgan fingerprint density at radius 2 is 2.12 bits per heavy atom. The van der Waals surface area contributed by atoms with Crippen molar-refractivity contribution in [3.8, 4) is 0 Å². The molecule has 1 saturated heterocycles. The number of morpholine rings is 1. The average Bonchev–Trinajstić information content (AvgIpc) is 3.03. The first-order chi connectivity index (χ1) is 12.7. The van der Waals surface area contributed by atoms with E-state index in [2.05, 4.69) is 20.9 Å². The van der Waals surface area contributed by atoms with Crippen molar-refractivity contribution < 1.29 is 19.4 Å². The number of carboxylic acids is 1. The van der Waals surface area contributed by atoms with Gasteiger partial charge in [-0.25, -0.2) is 9.78 Å². The maximum Gasteiger partial charge on any atom is 0.354 e. The molecule has 0 atom stereocenters. The molecular formula is C19H21N3O4. The highest BCUT2D eigenvalue weighted by atomic mass is 16.5. The van der Waals surface area contributed by atoms with Gasteiger partial charge in [0.25, 0.3) is 0 Å². The van der Waals surface area contributed by atoms with Crippen LogP contribution in [0.5, 0.6) is 0 Å². The summed E-state index contributed by atoms with van der Waals surface area (Å²) in [5.74, 6) is -1.04. The van der Waals surface area contributed by atoms with Crippen LogP contribution in [-0.4, -0.2) is 59.4 Å². The minimum absolute atomic E-state index is 0.0430. The molecule has 1 fully saturated rings. The van der Waals surface area contributed by atoms with Gasteiger partial charge in [0, 0.05) is 48.6 Å². The van der Waals surface area contributed by atoms with Crippen LogP contribution in [0.2, 0.25) is 0 Å². The molecule has 0 spiro atoms. The highest BCUT2D eigenvalue weighted by molar-refractivity contribution is 6.12. The molecule has 2 N–H and O–H groups in total. The van der Waals surface area contributed by atoms with Crippen LogP contribution >= 0.6 is 0 Å². The molecule has 3 heterocycles. The summed E-state index contributed by atoms with van der Waals surface area (Å²) in [5.41, 5.74) is 3.62. The van der Waals surface area contributed by atoms with Crippen molar-refractivity contribution in [3.63, 3.8) is 0 Å². The fourth-order valence-electron chi connectivity index (χ4n) is 3.68. The second-order valence-corrected chi connectivity index (χ2v) is 6.47. The molecule has 0 unspecified atom stereocenters. The van der Waals surface area contributed by atoms with Crippen molar-refractivity contribution in [3.05, 3.63) is 41.2 Å². The van der Waals surface area contributed by atoms with Crippen LogP contribution in [0.25, 0.3) is 21.8 Å². The minimum atomic E-state index is -1.04. The number of carboxylic acid groups (broad SMARTS) is 1. The first kappa shape index (κ1) is 17.0. The van der Waals surface area contributed by atoms with E-state index in [1.165, 1.54) is 0 Å². The molecule has 0 amide bonds. The summed E-state index contributed by atoms with van der Waals surface area (Å²) in [6, 6.07) is 6.13. The highest BCUT2D eigenvalue weighted by Crippen LogP contribution is 2.33. The van der Waals surface area contributed by atoms with Gasteiger partial charge in [0.05, 0.1) is 31.5 Å². The summed E-state index contributed by atoms with van der Waals surface area (Å²) in [4.78, 5) is 21.5. The Morgan fingerprint density at radius 3 is 2.85 bits per heavy atom. The first-order valence-corrected chi connectivity index (χ1v) is 8.62. The quantitative estimate of drug-likeness (QED) is 0.731. The van der Waals surface area contributed by atoms with Crippen LogP contribution < -0.4 is 0 Å². The van der Waals surface area contributed by atoms with Crippen molar-refractivity contribution in [2.45, 2.75) is 13.2 Å². The number of fused-ring (bicyclic) bond motifs is 3. The molecule has 136 valence electrons. The van der Waals surface area contributed by atoms with Crippen LogP contribution in [-0.2, 0) is 22.6 Å². The predicted octanol–water partition coefficient (Wildman–Crippen LogP) is 2.39. The SMILES string of the molecule is COCc1c(C(=O)O)ncc2[nH]c3cccc(CN4CCOCC4)c3c12. The number of methoxy groups -OCH3 is 1. The van der Waals surface area contributed by atoms with Gasteiger partial charge < -0.3 is 19.6 Å². The van der Waals surface area contributed by atoms with Gasteiger partial charge in [-0.3, -0.25) is 4.90 Å². The standard InChI is InChI=1S/C19H21N3O4/c1-25-11-13-17-15(9-20-18(13)19(23)24)21-14-4-2-3-12(16(14)17)10-22-5-7-26-8-6-22/h2-4,9,21H,5-8,10-11H2,1H3,(H,23,24). The molecule has 26 heavy (non-hydrogen) atoms. The number of carbonyl (C=O) groups is 1. The number of aromatic amines is 1. The molecular weight excluding hydrogens is 334 g/mol. The Labute approximate surface area is 150 Å². The number of hydrogen-bond acceptors (Lipinski definition) is 5. The van der Waals surface area contributed by atoms with Crippen LogP contribution in [0.3, 0.4) is 0 Å². The fraction of sp³-hybridized carbons (Fsp3) is 0.368. The third-order valence-electron chi connectivity index (χ3n) is 4.84. The minimum Gasteiger partial charge on any atom is -0.477 e. The van der Waals surface area contributed by atoms with Gasteiger partial charge >= 0.3 is 5.97 Å². The van der Waals surface area contributed by atoms with Gasteiger partial charge in [0.15, 0.2) is 5.69 Å². The van der Waals surface area contributed by atoms with E-state index in [9.17, 15) is 9.90 Å². The molecule has 0 saturated carbocycles. The van der Waals surface area contributed by atoms with Crippen molar-refractivity contribution >= 4 is 27.8 Å². The Hall–Kier alpha value is -2.48. The maximum absolute atomic E-state index is 11.6. The van der Waals surface area contributed by atoms with Gasteiger partial charge in [0.1, 0.15) is 0 Å². The summed E-state index contributed by atoms with van der Waals surface area (Å²) >= 11 is 0. The topological polar surface area (TPSA) is 87.7 Å². The summed E-state index contributed by atoms with van der Waals surface area (Å²) in [6.07, 6.45) is 1.59. The molecule has 0 radical (unpaired) electrons. The van der Waals surface area contributed by atoms with E-state index in [1.54, 1.807) is 13.3 Å². The average molecular weight is 355 g/mol. The lowest BCUT2D eigenvalue weighted by atomic mass is 10.0. The van der Waals surface area contributed by atoms with Crippen LogP contribution in [0.1, 0.15) is 21.6 Å². The smallest absolute Gasteiger partial charge is 0.354 e. The zero-order chi connectivity index (χ0) is 18.1. The number of benzene rings is 1. The first-order valence-electron chi connectivity index (χ1n) is 8.62. The van der Waals surface area contributed by atoms with E-state index in [-0.39, 0.29) is 12.3 Å². The van der Waals surface area contributed by atoms with Crippen molar-refractivity contribution in [1.29, 1.82) is 0 Å². The van der Waals surface area contributed by atoms with Crippen molar-refractivity contribution in [2.24, 2.45) is 0 Å². The number of nitrogens with one attached hydrogen (secondary N) is 1. The number of rotatable bonds is 5. The number of pyridine rings is 1. The third kappa shape index (κ3) is 2.94. The molecule has 1 aliphatic heterocycles. The molecule has 0 bridgehead atoms. The number of aromatic nitrogens is 2. The molecule has 1 aliphatic rings. The Balaban J connectivity index is 1.92. The lowest BCUT2D eigenvalue weighted by molar-refractivity contribution is 0.0344. The maximum atomic E-state index is 11.6. The molecule has 3 aromatic rings. The molecule has 7 heteroatoms.